The molecule has 0 bridgehead atoms. The summed E-state index contributed by atoms with van der Waals surface area (Å²) in [5.41, 5.74) is 4.44. The molecule has 0 radical (unpaired) electrons. The summed E-state index contributed by atoms with van der Waals surface area (Å²) in [5.74, 6) is -2.28. The second-order valence-corrected chi connectivity index (χ2v) is 10.9. The number of fused-ring (bicyclic) bond motifs is 3. The number of carbonyl (C=O) groups excluding carboxylic acids is 3. The Balaban J connectivity index is 1.56. The van der Waals surface area contributed by atoms with Crippen LogP contribution in [0.3, 0.4) is 0 Å². The van der Waals surface area contributed by atoms with E-state index in [1.165, 1.54) is 28.8 Å². The molecule has 0 aromatic heterocycles. The van der Waals surface area contributed by atoms with Crippen LogP contribution in [0, 0.1) is 5.92 Å². The number of carboxylic acids is 1. The number of hydrogen-bond acceptors (Lipinski definition) is 5. The number of benzene rings is 2. The van der Waals surface area contributed by atoms with E-state index in [2.05, 4.69) is 12.1 Å². The Morgan fingerprint density at radius 2 is 1.45 bits per heavy atom. The minimum absolute atomic E-state index is 0.105. The van der Waals surface area contributed by atoms with Gasteiger partial charge < -0.3 is 19.6 Å². The van der Waals surface area contributed by atoms with Crippen molar-refractivity contribution >= 4 is 23.9 Å². The molecule has 2 unspecified atom stereocenters. The standard InChI is InChI=1S/C31H39N3O6/c1-5-34(26(18-27(35)36)29(37)32(2)3)30(38)28(20-12-6-7-13-20)33(4)31(39)40-19-25-23-16-10-8-14-21(23)22-15-9-11-17-24(22)25/h8-11,14-17,20,25-26,28H,5-7,12-13,18-19H2,1-4H3,(H,35,36). The van der Waals surface area contributed by atoms with Gasteiger partial charge in [0.25, 0.3) is 0 Å². The number of carboxylic acid groups (broad SMARTS) is 1. The molecule has 1 fully saturated rings. The number of rotatable bonds is 10. The molecule has 0 spiro atoms. The van der Waals surface area contributed by atoms with E-state index in [-0.39, 0.29) is 25.0 Å². The van der Waals surface area contributed by atoms with Gasteiger partial charge in [-0.05, 0) is 47.9 Å². The van der Waals surface area contributed by atoms with E-state index in [1.807, 2.05) is 36.4 Å². The zero-order valence-corrected chi connectivity index (χ0v) is 23.7. The number of likely N-dealkylation sites (N-methyl/N-ethyl adjacent to an activating group) is 3. The van der Waals surface area contributed by atoms with Crippen molar-refractivity contribution < 1.29 is 29.0 Å². The number of carbonyl (C=O) groups is 4. The molecule has 2 aliphatic rings. The average Bonchev–Trinajstić information content (AvgIpc) is 3.57. The highest BCUT2D eigenvalue weighted by Gasteiger charge is 2.42. The molecule has 0 aliphatic heterocycles. The molecule has 40 heavy (non-hydrogen) atoms. The number of ether oxygens (including phenoxy) is 1. The zero-order chi connectivity index (χ0) is 29.0. The topological polar surface area (TPSA) is 107 Å². The van der Waals surface area contributed by atoms with E-state index in [1.54, 1.807) is 14.0 Å². The van der Waals surface area contributed by atoms with Crippen LogP contribution in [0.15, 0.2) is 48.5 Å². The van der Waals surface area contributed by atoms with E-state index < -0.39 is 42.4 Å². The summed E-state index contributed by atoms with van der Waals surface area (Å²) in [7, 11) is 4.63. The quantitative estimate of drug-likeness (QED) is 0.476. The molecule has 1 N–H and O–H groups in total. The van der Waals surface area contributed by atoms with Crippen molar-refractivity contribution in [3.05, 3.63) is 59.7 Å². The molecular weight excluding hydrogens is 510 g/mol. The van der Waals surface area contributed by atoms with Gasteiger partial charge in [0.15, 0.2) is 0 Å². The normalized spacial score (nSPS) is 16.0. The predicted molar refractivity (Wildman–Crippen MR) is 151 cm³/mol. The number of nitrogens with zero attached hydrogens (tertiary/aromatic N) is 3. The molecule has 1 saturated carbocycles. The van der Waals surface area contributed by atoms with E-state index in [4.69, 9.17) is 4.74 Å². The molecule has 0 heterocycles. The average molecular weight is 550 g/mol. The molecule has 9 nitrogen and oxygen atoms in total. The lowest BCUT2D eigenvalue weighted by Gasteiger charge is -2.38. The maximum absolute atomic E-state index is 14.1. The van der Waals surface area contributed by atoms with Gasteiger partial charge >= 0.3 is 12.1 Å². The minimum Gasteiger partial charge on any atom is -0.481 e. The molecular formula is C31H39N3O6. The fourth-order valence-corrected chi connectivity index (χ4v) is 6.26. The van der Waals surface area contributed by atoms with Crippen LogP contribution in [0.1, 0.15) is 56.1 Å². The van der Waals surface area contributed by atoms with Crippen molar-refractivity contribution in [2.24, 2.45) is 5.92 Å². The van der Waals surface area contributed by atoms with Gasteiger partial charge in [-0.15, -0.1) is 0 Å². The molecule has 2 aliphatic carbocycles. The van der Waals surface area contributed by atoms with Crippen LogP contribution in [-0.4, -0.2) is 90.1 Å². The van der Waals surface area contributed by atoms with Crippen molar-refractivity contribution in [2.45, 2.75) is 57.0 Å². The summed E-state index contributed by atoms with van der Waals surface area (Å²) in [5, 5.41) is 9.51. The van der Waals surface area contributed by atoms with Crippen molar-refractivity contribution in [1.29, 1.82) is 0 Å². The van der Waals surface area contributed by atoms with E-state index in [0.717, 1.165) is 47.9 Å². The number of hydrogen-bond donors (Lipinski definition) is 1. The Kier molecular flexibility index (Phi) is 9.12. The van der Waals surface area contributed by atoms with Gasteiger partial charge in [-0.2, -0.15) is 0 Å². The first-order valence-electron chi connectivity index (χ1n) is 14.0. The Labute approximate surface area is 235 Å². The zero-order valence-electron chi connectivity index (χ0n) is 23.7. The third-order valence-electron chi connectivity index (χ3n) is 8.23. The SMILES string of the molecule is CCN(C(=O)C(C1CCCC1)N(C)C(=O)OCC1c2ccccc2-c2ccccc21)C(CC(=O)O)C(=O)N(C)C. The largest absolute Gasteiger partial charge is 0.481 e. The fraction of sp³-hybridized carbons (Fsp3) is 0.484. The van der Waals surface area contributed by atoms with Crippen LogP contribution in [-0.2, 0) is 19.1 Å². The predicted octanol–water partition coefficient (Wildman–Crippen LogP) is 4.21. The first kappa shape index (κ1) is 29.1. The summed E-state index contributed by atoms with van der Waals surface area (Å²) < 4.78 is 5.86. The Bertz CT molecular complexity index is 1210. The van der Waals surface area contributed by atoms with Crippen LogP contribution in [0.4, 0.5) is 4.79 Å². The molecule has 9 heteroatoms. The van der Waals surface area contributed by atoms with E-state index >= 15 is 0 Å². The number of aliphatic carboxylic acids is 1. The third kappa shape index (κ3) is 5.83. The minimum atomic E-state index is -1.17. The van der Waals surface area contributed by atoms with Gasteiger partial charge in [0.05, 0.1) is 6.42 Å². The monoisotopic (exact) mass is 549 g/mol. The van der Waals surface area contributed by atoms with E-state index in [0.29, 0.717) is 0 Å². The molecule has 2 atom stereocenters. The van der Waals surface area contributed by atoms with E-state index in [9.17, 15) is 24.3 Å². The third-order valence-corrected chi connectivity index (χ3v) is 8.23. The lowest BCUT2D eigenvalue weighted by Crippen LogP contribution is -2.58. The summed E-state index contributed by atoms with van der Waals surface area (Å²) in [6.07, 6.45) is 2.28. The van der Waals surface area contributed by atoms with Crippen molar-refractivity contribution in [3.63, 3.8) is 0 Å². The van der Waals surface area contributed by atoms with Gasteiger partial charge in [0, 0.05) is 33.6 Å². The molecule has 0 saturated heterocycles. The Hall–Kier alpha value is -3.88. The van der Waals surface area contributed by atoms with Gasteiger partial charge in [0.1, 0.15) is 18.7 Å². The summed E-state index contributed by atoms with van der Waals surface area (Å²) in [6, 6.07) is 14.1. The van der Waals surface area contributed by atoms with Crippen LogP contribution < -0.4 is 0 Å². The maximum atomic E-state index is 14.1. The maximum Gasteiger partial charge on any atom is 0.410 e. The molecule has 3 amide bonds. The molecule has 4 rings (SSSR count). The summed E-state index contributed by atoms with van der Waals surface area (Å²) in [4.78, 5) is 56.1. The molecule has 2 aromatic carbocycles. The highest BCUT2D eigenvalue weighted by Crippen LogP contribution is 2.44. The lowest BCUT2D eigenvalue weighted by molar-refractivity contribution is -0.152. The summed E-state index contributed by atoms with van der Waals surface area (Å²) in [6.45, 7) is 1.98. The van der Waals surface area contributed by atoms with Crippen LogP contribution in [0.25, 0.3) is 11.1 Å². The Morgan fingerprint density at radius 1 is 0.900 bits per heavy atom. The summed E-state index contributed by atoms with van der Waals surface area (Å²) >= 11 is 0. The highest BCUT2D eigenvalue weighted by molar-refractivity contribution is 5.93. The molecule has 214 valence electrons. The fourth-order valence-electron chi connectivity index (χ4n) is 6.26. The van der Waals surface area contributed by atoms with Crippen LogP contribution in [0.5, 0.6) is 0 Å². The molecule has 2 aromatic rings. The van der Waals surface area contributed by atoms with Crippen LogP contribution in [0.2, 0.25) is 0 Å². The van der Waals surface area contributed by atoms with Gasteiger partial charge in [-0.1, -0.05) is 61.4 Å². The smallest absolute Gasteiger partial charge is 0.410 e. The lowest BCUT2D eigenvalue weighted by atomic mass is 9.94. The Morgan fingerprint density at radius 3 is 1.95 bits per heavy atom. The van der Waals surface area contributed by atoms with Crippen molar-refractivity contribution in [2.75, 3.05) is 34.3 Å². The first-order valence-corrected chi connectivity index (χ1v) is 14.0. The number of amides is 3. The van der Waals surface area contributed by atoms with Crippen molar-refractivity contribution in [3.8, 4) is 11.1 Å². The first-order chi connectivity index (χ1) is 19.1. The van der Waals surface area contributed by atoms with Crippen molar-refractivity contribution in [1.82, 2.24) is 14.7 Å². The second kappa shape index (κ2) is 12.5. The van der Waals surface area contributed by atoms with Gasteiger partial charge in [-0.3, -0.25) is 19.3 Å². The van der Waals surface area contributed by atoms with Gasteiger partial charge in [0.2, 0.25) is 11.8 Å². The van der Waals surface area contributed by atoms with Crippen LogP contribution >= 0.6 is 0 Å². The van der Waals surface area contributed by atoms with Gasteiger partial charge in [-0.25, -0.2) is 4.79 Å². The highest BCUT2D eigenvalue weighted by atomic mass is 16.6. The second-order valence-electron chi connectivity index (χ2n) is 10.9.